The summed E-state index contributed by atoms with van der Waals surface area (Å²) < 4.78 is 0. The fourth-order valence-electron chi connectivity index (χ4n) is 5.36. The lowest BCUT2D eigenvalue weighted by molar-refractivity contribution is 0.141. The van der Waals surface area contributed by atoms with Crippen LogP contribution in [0.1, 0.15) is 56.1 Å². The number of rotatable bonds is 3. The largest absolute Gasteiger partial charge is 0.317 e. The van der Waals surface area contributed by atoms with Gasteiger partial charge in [0.2, 0.25) is 0 Å². The Labute approximate surface area is 135 Å². The zero-order valence-corrected chi connectivity index (χ0v) is 13.7. The van der Waals surface area contributed by atoms with E-state index >= 15 is 0 Å². The molecule has 0 aromatic heterocycles. The molecule has 0 spiro atoms. The van der Waals surface area contributed by atoms with Crippen LogP contribution in [0.25, 0.3) is 0 Å². The second kappa shape index (κ2) is 6.33. The lowest BCUT2D eigenvalue weighted by Gasteiger charge is -2.47. The van der Waals surface area contributed by atoms with E-state index in [0.29, 0.717) is 0 Å². The molecule has 1 saturated heterocycles. The average molecular weight is 298 g/mol. The zero-order chi connectivity index (χ0) is 14.8. The minimum absolute atomic E-state index is 0.271. The van der Waals surface area contributed by atoms with Gasteiger partial charge in [0.25, 0.3) is 0 Å². The molecular weight excluding hydrogens is 268 g/mol. The Morgan fingerprint density at radius 3 is 2.55 bits per heavy atom. The molecule has 2 heterocycles. The predicted octanol–water partition coefficient (Wildman–Crippen LogP) is 3.61. The molecule has 1 unspecified atom stereocenters. The molecule has 0 radical (unpaired) electrons. The molecule has 2 heteroatoms. The summed E-state index contributed by atoms with van der Waals surface area (Å²) in [6.45, 7) is 3.60. The van der Waals surface area contributed by atoms with Crippen molar-refractivity contribution in [2.24, 2.45) is 11.8 Å². The van der Waals surface area contributed by atoms with Gasteiger partial charge in [-0.3, -0.25) is 0 Å². The summed E-state index contributed by atoms with van der Waals surface area (Å²) in [6, 6.07) is 9.30. The number of fused-ring (bicyclic) bond motifs is 1. The van der Waals surface area contributed by atoms with E-state index in [4.69, 9.17) is 0 Å². The maximum Gasteiger partial charge on any atom is 0.0468 e. The Kier molecular flexibility index (Phi) is 4.23. The summed E-state index contributed by atoms with van der Waals surface area (Å²) in [6.07, 6.45) is 11.0. The molecule has 4 rings (SSSR count). The second-order valence-corrected chi connectivity index (χ2v) is 7.68. The predicted molar refractivity (Wildman–Crippen MR) is 92.0 cm³/mol. The van der Waals surface area contributed by atoms with Crippen molar-refractivity contribution < 1.29 is 0 Å². The first kappa shape index (κ1) is 14.7. The van der Waals surface area contributed by atoms with E-state index in [1.54, 1.807) is 11.1 Å². The van der Waals surface area contributed by atoms with Gasteiger partial charge in [-0.1, -0.05) is 37.1 Å². The van der Waals surface area contributed by atoms with Crippen molar-refractivity contribution in [2.75, 3.05) is 19.6 Å². The van der Waals surface area contributed by atoms with Crippen LogP contribution in [0.15, 0.2) is 24.3 Å². The number of hydrogen-bond acceptors (Lipinski definition) is 2. The van der Waals surface area contributed by atoms with E-state index in [2.05, 4.69) is 34.9 Å². The van der Waals surface area contributed by atoms with Crippen molar-refractivity contribution >= 4 is 0 Å². The van der Waals surface area contributed by atoms with Gasteiger partial charge in [0.1, 0.15) is 0 Å². The van der Waals surface area contributed by atoms with Crippen molar-refractivity contribution in [3.8, 4) is 0 Å². The summed E-state index contributed by atoms with van der Waals surface area (Å²) in [5, 5.41) is 7.59. The molecule has 1 atom stereocenters. The van der Waals surface area contributed by atoms with Gasteiger partial charge in [-0.25, -0.2) is 0 Å². The van der Waals surface area contributed by atoms with Crippen LogP contribution in [0.3, 0.4) is 0 Å². The highest BCUT2D eigenvalue weighted by atomic mass is 15.0. The van der Waals surface area contributed by atoms with E-state index in [9.17, 15) is 0 Å². The standard InChI is InChI=1S/C20H30N2/c1-4-8-19-17(5-1)11-14-22-20(19,18-6-2-3-7-18)15-16-9-12-21-13-10-16/h1,4-5,8,16,18,21-22H,2-3,6-7,9-15H2. The Bertz CT molecular complexity index is 500. The summed E-state index contributed by atoms with van der Waals surface area (Å²) in [4.78, 5) is 0. The Hall–Kier alpha value is -0.860. The molecule has 120 valence electrons. The number of piperidine rings is 1. The van der Waals surface area contributed by atoms with Crippen LogP contribution in [0.4, 0.5) is 0 Å². The molecule has 22 heavy (non-hydrogen) atoms. The van der Waals surface area contributed by atoms with Gasteiger partial charge in [0.05, 0.1) is 0 Å². The fourth-order valence-corrected chi connectivity index (χ4v) is 5.36. The van der Waals surface area contributed by atoms with Gasteiger partial charge in [0.15, 0.2) is 0 Å². The molecule has 2 N–H and O–H groups in total. The summed E-state index contributed by atoms with van der Waals surface area (Å²) in [5.74, 6) is 1.74. The quantitative estimate of drug-likeness (QED) is 0.891. The van der Waals surface area contributed by atoms with Crippen LogP contribution in [-0.2, 0) is 12.0 Å². The fraction of sp³-hybridized carbons (Fsp3) is 0.700. The van der Waals surface area contributed by atoms with Gasteiger partial charge in [-0.2, -0.15) is 0 Å². The molecule has 0 amide bonds. The first-order valence-corrected chi connectivity index (χ1v) is 9.43. The molecule has 0 bridgehead atoms. The third kappa shape index (κ3) is 2.61. The van der Waals surface area contributed by atoms with Crippen molar-refractivity contribution in [1.82, 2.24) is 10.6 Å². The van der Waals surface area contributed by atoms with Gasteiger partial charge >= 0.3 is 0 Å². The highest BCUT2D eigenvalue weighted by Crippen LogP contribution is 2.47. The highest BCUT2D eigenvalue weighted by Gasteiger charge is 2.45. The summed E-state index contributed by atoms with van der Waals surface area (Å²) in [5.41, 5.74) is 3.53. The first-order chi connectivity index (χ1) is 10.9. The van der Waals surface area contributed by atoms with Crippen molar-refractivity contribution in [1.29, 1.82) is 0 Å². The van der Waals surface area contributed by atoms with Crippen LogP contribution in [0.5, 0.6) is 0 Å². The second-order valence-electron chi connectivity index (χ2n) is 7.68. The minimum Gasteiger partial charge on any atom is -0.317 e. The molecule has 1 aliphatic carbocycles. The summed E-state index contributed by atoms with van der Waals surface area (Å²) in [7, 11) is 0. The monoisotopic (exact) mass is 298 g/mol. The first-order valence-electron chi connectivity index (χ1n) is 9.43. The molecule has 1 saturated carbocycles. The van der Waals surface area contributed by atoms with Crippen LogP contribution < -0.4 is 10.6 Å². The molecule has 1 aromatic rings. The van der Waals surface area contributed by atoms with E-state index in [0.717, 1.165) is 11.8 Å². The highest BCUT2D eigenvalue weighted by molar-refractivity contribution is 5.37. The van der Waals surface area contributed by atoms with E-state index < -0.39 is 0 Å². The number of benzene rings is 1. The van der Waals surface area contributed by atoms with Crippen LogP contribution >= 0.6 is 0 Å². The topological polar surface area (TPSA) is 24.1 Å². The maximum absolute atomic E-state index is 4.06. The van der Waals surface area contributed by atoms with E-state index in [-0.39, 0.29) is 5.54 Å². The van der Waals surface area contributed by atoms with Gasteiger partial charge in [-0.15, -0.1) is 0 Å². The molecule has 1 aromatic carbocycles. The third-order valence-electron chi connectivity index (χ3n) is 6.45. The Morgan fingerprint density at radius 2 is 1.73 bits per heavy atom. The Balaban J connectivity index is 1.69. The SMILES string of the molecule is c1ccc2c(c1)CCNC2(CC1CCNCC1)C1CCCC1. The average Bonchev–Trinajstić information content (AvgIpc) is 3.11. The van der Waals surface area contributed by atoms with Crippen LogP contribution in [-0.4, -0.2) is 19.6 Å². The summed E-state index contributed by atoms with van der Waals surface area (Å²) >= 11 is 0. The van der Waals surface area contributed by atoms with E-state index in [1.807, 2.05) is 0 Å². The molecule has 2 nitrogen and oxygen atoms in total. The van der Waals surface area contributed by atoms with Gasteiger partial charge in [-0.05, 0) is 74.6 Å². The number of nitrogens with one attached hydrogen (secondary N) is 2. The Morgan fingerprint density at radius 1 is 0.955 bits per heavy atom. The van der Waals surface area contributed by atoms with Crippen LogP contribution in [0.2, 0.25) is 0 Å². The molecular formula is C20H30N2. The minimum atomic E-state index is 0.271. The van der Waals surface area contributed by atoms with E-state index in [1.165, 1.54) is 71.0 Å². The maximum atomic E-state index is 4.06. The lowest BCUT2D eigenvalue weighted by atomic mass is 9.67. The van der Waals surface area contributed by atoms with Gasteiger partial charge < -0.3 is 10.6 Å². The van der Waals surface area contributed by atoms with Crippen LogP contribution in [0, 0.1) is 11.8 Å². The zero-order valence-electron chi connectivity index (χ0n) is 13.7. The van der Waals surface area contributed by atoms with Gasteiger partial charge in [0, 0.05) is 12.1 Å². The lowest BCUT2D eigenvalue weighted by Crippen LogP contribution is -2.53. The molecule has 2 fully saturated rings. The smallest absolute Gasteiger partial charge is 0.0468 e. The number of hydrogen-bond donors (Lipinski definition) is 2. The third-order valence-corrected chi connectivity index (χ3v) is 6.45. The normalized spacial score (nSPS) is 30.4. The van der Waals surface area contributed by atoms with Crippen molar-refractivity contribution in [2.45, 2.75) is 56.9 Å². The molecule has 3 aliphatic rings. The molecule has 2 aliphatic heterocycles. The van der Waals surface area contributed by atoms with Crippen molar-refractivity contribution in [3.05, 3.63) is 35.4 Å². The van der Waals surface area contributed by atoms with Crippen molar-refractivity contribution in [3.63, 3.8) is 0 Å².